The second kappa shape index (κ2) is 14.8. The molecule has 0 spiro atoms. The van der Waals surface area contributed by atoms with Gasteiger partial charge in [-0.1, -0.05) is 58.3 Å². The average Bonchev–Trinajstić information content (AvgIpc) is 2.34. The van der Waals surface area contributed by atoms with Gasteiger partial charge in [-0.05, 0) is 19.3 Å². The molecule has 0 fully saturated rings. The maximum absolute atomic E-state index is 10.9. The number of aliphatic hydroxyl groups excluding tert-OH is 1. The Bertz CT molecular complexity index is 294. The van der Waals surface area contributed by atoms with Gasteiger partial charge in [0.15, 0.2) is 0 Å². The summed E-state index contributed by atoms with van der Waals surface area (Å²) >= 11 is 0. The van der Waals surface area contributed by atoms with Crippen molar-refractivity contribution >= 4 is 10.1 Å². The van der Waals surface area contributed by atoms with Crippen molar-refractivity contribution in [3.05, 3.63) is 0 Å². The zero-order chi connectivity index (χ0) is 14.6. The molecule has 6 heteroatoms. The van der Waals surface area contributed by atoms with Gasteiger partial charge in [0.25, 0.3) is 0 Å². The summed E-state index contributed by atoms with van der Waals surface area (Å²) in [6.07, 6.45) is 10.7. The van der Waals surface area contributed by atoms with Gasteiger partial charge in [0.1, 0.15) is 0 Å². The van der Waals surface area contributed by atoms with Crippen molar-refractivity contribution in [2.75, 3.05) is 6.61 Å². The SMILES string of the molecule is CCC(CCCCCCCCCCCO)S(=O)(=O)[O-].[Na+]. The maximum Gasteiger partial charge on any atom is 1.00 e. The summed E-state index contributed by atoms with van der Waals surface area (Å²) in [7, 11) is -4.10. The van der Waals surface area contributed by atoms with Gasteiger partial charge in [-0.2, -0.15) is 0 Å². The van der Waals surface area contributed by atoms with Crippen molar-refractivity contribution in [1.82, 2.24) is 0 Å². The van der Waals surface area contributed by atoms with Crippen molar-refractivity contribution in [1.29, 1.82) is 0 Å². The van der Waals surface area contributed by atoms with Crippen molar-refractivity contribution < 1.29 is 47.6 Å². The first-order valence-electron chi connectivity index (χ1n) is 7.58. The third kappa shape index (κ3) is 13.8. The molecule has 0 saturated heterocycles. The van der Waals surface area contributed by atoms with Crippen LogP contribution >= 0.6 is 0 Å². The Kier molecular flexibility index (Phi) is 17.1. The quantitative estimate of drug-likeness (QED) is 0.299. The van der Waals surface area contributed by atoms with Gasteiger partial charge in [-0.15, -0.1) is 0 Å². The molecule has 0 radical (unpaired) electrons. The Balaban J connectivity index is 0. The van der Waals surface area contributed by atoms with E-state index >= 15 is 0 Å². The predicted molar refractivity (Wildman–Crippen MR) is 77.0 cm³/mol. The third-order valence-electron chi connectivity index (χ3n) is 3.55. The van der Waals surface area contributed by atoms with Crippen LogP contribution in [-0.2, 0) is 10.1 Å². The molecule has 20 heavy (non-hydrogen) atoms. The van der Waals surface area contributed by atoms with Crippen LogP contribution in [0.5, 0.6) is 0 Å². The van der Waals surface area contributed by atoms with E-state index in [9.17, 15) is 13.0 Å². The molecule has 116 valence electrons. The molecule has 0 aromatic rings. The minimum Gasteiger partial charge on any atom is -0.748 e. The van der Waals surface area contributed by atoms with Gasteiger partial charge >= 0.3 is 29.6 Å². The molecule has 1 atom stereocenters. The van der Waals surface area contributed by atoms with Crippen LogP contribution in [-0.4, -0.2) is 29.9 Å². The monoisotopic (exact) mass is 316 g/mol. The van der Waals surface area contributed by atoms with Gasteiger partial charge in [-0.25, -0.2) is 8.42 Å². The number of hydrogen-bond acceptors (Lipinski definition) is 4. The second-order valence-electron chi connectivity index (χ2n) is 5.22. The third-order valence-corrected chi connectivity index (χ3v) is 4.93. The fraction of sp³-hybridized carbons (Fsp3) is 1.00. The molecular weight excluding hydrogens is 287 g/mol. The van der Waals surface area contributed by atoms with E-state index in [2.05, 4.69) is 0 Å². The van der Waals surface area contributed by atoms with Crippen LogP contribution in [0.25, 0.3) is 0 Å². The predicted octanol–water partition coefficient (Wildman–Crippen LogP) is 0.208. The largest absolute Gasteiger partial charge is 1.00 e. The fourth-order valence-electron chi connectivity index (χ4n) is 2.27. The summed E-state index contributed by atoms with van der Waals surface area (Å²) in [5, 5.41) is 7.93. The summed E-state index contributed by atoms with van der Waals surface area (Å²) in [5.41, 5.74) is 0. The van der Waals surface area contributed by atoms with Gasteiger partial charge in [0.2, 0.25) is 0 Å². The van der Waals surface area contributed by atoms with Crippen LogP contribution in [0.1, 0.15) is 77.6 Å². The zero-order valence-electron chi connectivity index (χ0n) is 13.1. The van der Waals surface area contributed by atoms with Crippen LogP contribution in [0.4, 0.5) is 0 Å². The second-order valence-corrected chi connectivity index (χ2v) is 6.87. The van der Waals surface area contributed by atoms with E-state index in [1.807, 2.05) is 0 Å². The van der Waals surface area contributed by atoms with E-state index < -0.39 is 15.4 Å². The van der Waals surface area contributed by atoms with Crippen LogP contribution in [0.2, 0.25) is 0 Å². The van der Waals surface area contributed by atoms with Crippen LogP contribution in [0.15, 0.2) is 0 Å². The summed E-state index contributed by atoms with van der Waals surface area (Å²) in [4.78, 5) is 0. The molecule has 0 aliphatic heterocycles. The van der Waals surface area contributed by atoms with Gasteiger partial charge in [-0.3, -0.25) is 0 Å². The van der Waals surface area contributed by atoms with E-state index in [4.69, 9.17) is 5.11 Å². The van der Waals surface area contributed by atoms with Crippen molar-refractivity contribution in [2.45, 2.75) is 82.8 Å². The molecule has 1 N–H and O–H groups in total. The van der Waals surface area contributed by atoms with Crippen molar-refractivity contribution in [3.63, 3.8) is 0 Å². The summed E-state index contributed by atoms with van der Waals surface area (Å²) in [6.45, 7) is 2.05. The van der Waals surface area contributed by atoms with Gasteiger partial charge in [0, 0.05) is 11.9 Å². The molecule has 0 saturated carbocycles. The molecular formula is C14H29NaO4S. The minimum absolute atomic E-state index is 0. The molecule has 0 heterocycles. The van der Waals surface area contributed by atoms with Crippen LogP contribution < -0.4 is 29.6 Å². The van der Waals surface area contributed by atoms with Gasteiger partial charge < -0.3 is 9.66 Å². The Labute approximate surface area is 146 Å². The molecule has 0 rings (SSSR count). The smallest absolute Gasteiger partial charge is 0.748 e. The molecule has 0 aromatic carbocycles. The first-order valence-corrected chi connectivity index (χ1v) is 9.05. The molecule has 0 bridgehead atoms. The normalized spacial score (nSPS) is 12.9. The first-order chi connectivity index (χ1) is 9.02. The van der Waals surface area contributed by atoms with E-state index in [-0.39, 0.29) is 29.6 Å². The van der Waals surface area contributed by atoms with Crippen LogP contribution in [0.3, 0.4) is 0 Å². The molecule has 0 amide bonds. The molecule has 0 aliphatic rings. The molecule has 4 nitrogen and oxygen atoms in total. The van der Waals surface area contributed by atoms with E-state index in [1.54, 1.807) is 6.92 Å². The Morgan fingerprint density at radius 2 is 1.30 bits per heavy atom. The number of rotatable bonds is 13. The zero-order valence-corrected chi connectivity index (χ0v) is 16.0. The average molecular weight is 316 g/mol. The van der Waals surface area contributed by atoms with Crippen molar-refractivity contribution in [2.24, 2.45) is 0 Å². The van der Waals surface area contributed by atoms with Crippen molar-refractivity contribution in [3.8, 4) is 0 Å². The molecule has 0 aliphatic carbocycles. The number of aliphatic hydroxyl groups is 1. The number of unbranched alkanes of at least 4 members (excludes halogenated alkanes) is 8. The summed E-state index contributed by atoms with van der Waals surface area (Å²) in [5.74, 6) is 0. The van der Waals surface area contributed by atoms with E-state index in [0.717, 1.165) is 32.1 Å². The van der Waals surface area contributed by atoms with Gasteiger partial charge in [0.05, 0.1) is 10.1 Å². The molecule has 1 unspecified atom stereocenters. The Morgan fingerprint density at radius 3 is 1.65 bits per heavy atom. The summed E-state index contributed by atoms with van der Waals surface area (Å²) in [6, 6.07) is 0. The minimum atomic E-state index is -4.10. The first kappa shape index (κ1) is 23.1. The van der Waals surface area contributed by atoms with Crippen LogP contribution in [0, 0.1) is 0 Å². The van der Waals surface area contributed by atoms with E-state index in [1.165, 1.54) is 25.7 Å². The maximum atomic E-state index is 10.9. The topological polar surface area (TPSA) is 77.4 Å². The Hall–Kier alpha value is 0.870. The van der Waals surface area contributed by atoms with E-state index in [0.29, 0.717) is 19.4 Å². The molecule has 0 aromatic heterocycles. The fourth-order valence-corrected chi connectivity index (χ4v) is 3.14. The number of hydrogen-bond donors (Lipinski definition) is 1. The Morgan fingerprint density at radius 1 is 0.900 bits per heavy atom. The standard InChI is InChI=1S/C14H30O4S.Na/c1-2-14(19(16,17)18)12-10-8-6-4-3-5-7-9-11-13-15;/h14-15H,2-13H2,1H3,(H,16,17,18);/q;+1/p-1. The summed E-state index contributed by atoms with van der Waals surface area (Å²) < 4.78 is 32.6.